The van der Waals surface area contributed by atoms with Gasteiger partial charge in [0.2, 0.25) is 0 Å². The molecule has 7 heteroatoms. The Morgan fingerprint density at radius 2 is 2.10 bits per heavy atom. The summed E-state index contributed by atoms with van der Waals surface area (Å²) in [5, 5.41) is 14.2. The van der Waals surface area contributed by atoms with Crippen molar-refractivity contribution in [3.8, 4) is 11.5 Å². The highest BCUT2D eigenvalue weighted by Gasteiger charge is 2.45. The van der Waals surface area contributed by atoms with Crippen LogP contribution in [0.2, 0.25) is 5.02 Å². The number of hydrogen-bond acceptors (Lipinski definition) is 5. The minimum Gasteiger partial charge on any atom is -0.481 e. The van der Waals surface area contributed by atoms with Gasteiger partial charge in [-0.15, -0.1) is 0 Å². The van der Waals surface area contributed by atoms with Crippen molar-refractivity contribution in [1.82, 2.24) is 10.2 Å². The summed E-state index contributed by atoms with van der Waals surface area (Å²) in [6.07, 6.45) is 2.03. The molecule has 0 radical (unpaired) electrons. The molecular formula is C24H28ClN3O3. The SMILES string of the molecule is CCC[C@](CC)(C(=O)O)C1CN(C2=Nc3cc(Cl)ccc3Oc3ccccc32)CCN1. The van der Waals surface area contributed by atoms with Crippen LogP contribution in [0, 0.1) is 5.41 Å². The van der Waals surface area contributed by atoms with Crippen LogP contribution in [0.1, 0.15) is 38.7 Å². The quantitative estimate of drug-likeness (QED) is 0.676. The lowest BCUT2D eigenvalue weighted by molar-refractivity contribution is -0.152. The van der Waals surface area contributed by atoms with Crippen molar-refractivity contribution in [2.24, 2.45) is 10.4 Å². The monoisotopic (exact) mass is 441 g/mol. The number of aliphatic carboxylic acids is 1. The number of amidine groups is 1. The van der Waals surface area contributed by atoms with E-state index in [1.54, 1.807) is 12.1 Å². The first kappa shape index (κ1) is 21.7. The van der Waals surface area contributed by atoms with Crippen LogP contribution >= 0.6 is 11.6 Å². The molecule has 0 bridgehead atoms. The van der Waals surface area contributed by atoms with Crippen molar-refractivity contribution in [3.05, 3.63) is 53.1 Å². The fourth-order valence-electron chi connectivity index (χ4n) is 4.70. The normalized spacial score (nSPS) is 19.9. The second kappa shape index (κ2) is 8.89. The van der Waals surface area contributed by atoms with Gasteiger partial charge in [0.15, 0.2) is 5.75 Å². The Labute approximate surface area is 187 Å². The lowest BCUT2D eigenvalue weighted by atomic mass is 9.73. The van der Waals surface area contributed by atoms with E-state index in [9.17, 15) is 9.90 Å². The average Bonchev–Trinajstić information content (AvgIpc) is 2.94. The molecule has 0 spiro atoms. The first-order chi connectivity index (χ1) is 15.0. The summed E-state index contributed by atoms with van der Waals surface area (Å²) in [4.78, 5) is 19.5. The fraction of sp³-hybridized carbons (Fsp3) is 0.417. The number of para-hydroxylation sites is 1. The van der Waals surface area contributed by atoms with Crippen molar-refractivity contribution in [2.45, 2.75) is 39.2 Å². The number of halogens is 1. The number of carbonyl (C=O) groups is 1. The summed E-state index contributed by atoms with van der Waals surface area (Å²) in [5.41, 5.74) is 0.751. The molecule has 1 fully saturated rings. The van der Waals surface area contributed by atoms with Crippen molar-refractivity contribution in [1.29, 1.82) is 0 Å². The maximum atomic E-state index is 12.4. The highest BCUT2D eigenvalue weighted by molar-refractivity contribution is 6.31. The number of rotatable bonds is 5. The topological polar surface area (TPSA) is 74.2 Å². The Hall–Kier alpha value is -2.57. The predicted octanol–water partition coefficient (Wildman–Crippen LogP) is 5.08. The van der Waals surface area contributed by atoms with Gasteiger partial charge in [0.1, 0.15) is 17.3 Å². The minimum absolute atomic E-state index is 0.179. The van der Waals surface area contributed by atoms with Crippen LogP contribution in [-0.2, 0) is 4.79 Å². The number of carboxylic acid groups (broad SMARTS) is 1. The van der Waals surface area contributed by atoms with Gasteiger partial charge in [0, 0.05) is 30.7 Å². The molecule has 0 aromatic heterocycles. The number of hydrogen-bond donors (Lipinski definition) is 2. The molecule has 2 N–H and O–H groups in total. The molecule has 0 aliphatic carbocycles. The summed E-state index contributed by atoms with van der Waals surface area (Å²) in [7, 11) is 0. The Balaban J connectivity index is 1.76. The van der Waals surface area contributed by atoms with Crippen LogP contribution in [-0.4, -0.2) is 47.5 Å². The Kier molecular flexibility index (Phi) is 6.21. The minimum atomic E-state index is -0.810. The third-order valence-electron chi connectivity index (χ3n) is 6.39. The highest BCUT2D eigenvalue weighted by atomic mass is 35.5. The molecule has 1 saturated heterocycles. The zero-order valence-electron chi connectivity index (χ0n) is 17.9. The number of nitrogens with zero attached hydrogens (tertiary/aromatic N) is 2. The van der Waals surface area contributed by atoms with Crippen LogP contribution in [0.5, 0.6) is 11.5 Å². The maximum Gasteiger partial charge on any atom is 0.311 e. The van der Waals surface area contributed by atoms with Crippen molar-refractivity contribution >= 4 is 29.1 Å². The molecule has 0 saturated carbocycles. The van der Waals surface area contributed by atoms with Gasteiger partial charge in [-0.05, 0) is 43.2 Å². The van der Waals surface area contributed by atoms with E-state index in [1.165, 1.54) is 0 Å². The largest absolute Gasteiger partial charge is 0.481 e. The Morgan fingerprint density at radius 3 is 2.84 bits per heavy atom. The van der Waals surface area contributed by atoms with E-state index in [2.05, 4.69) is 10.2 Å². The number of nitrogens with one attached hydrogen (secondary N) is 1. The molecule has 31 heavy (non-hydrogen) atoms. The highest BCUT2D eigenvalue weighted by Crippen LogP contribution is 2.40. The molecule has 2 heterocycles. The second-order valence-electron chi connectivity index (χ2n) is 8.16. The van der Waals surface area contributed by atoms with Crippen LogP contribution in [0.4, 0.5) is 5.69 Å². The van der Waals surface area contributed by atoms with Gasteiger partial charge in [0.25, 0.3) is 0 Å². The van der Waals surface area contributed by atoms with Crippen LogP contribution in [0.3, 0.4) is 0 Å². The molecule has 2 aliphatic rings. The zero-order valence-corrected chi connectivity index (χ0v) is 18.7. The van der Waals surface area contributed by atoms with Crippen molar-refractivity contribution < 1.29 is 14.6 Å². The summed E-state index contributed by atoms with van der Waals surface area (Å²) >= 11 is 6.23. The lowest BCUT2D eigenvalue weighted by Gasteiger charge is -2.44. The van der Waals surface area contributed by atoms with Crippen LogP contribution in [0.15, 0.2) is 47.5 Å². The first-order valence-electron chi connectivity index (χ1n) is 10.9. The summed E-state index contributed by atoms with van der Waals surface area (Å²) in [6, 6.07) is 13.1. The van der Waals surface area contributed by atoms with Gasteiger partial charge in [-0.3, -0.25) is 4.79 Å². The third-order valence-corrected chi connectivity index (χ3v) is 6.63. The molecule has 2 aromatic carbocycles. The maximum absolute atomic E-state index is 12.4. The van der Waals surface area contributed by atoms with E-state index in [4.69, 9.17) is 21.3 Å². The molecule has 6 nitrogen and oxygen atoms in total. The standard InChI is InChI=1S/C24H28ClN3O3/c1-3-11-24(4-2,23(29)30)21-15-28(13-12-26-21)22-17-7-5-6-8-19(17)31-20-10-9-16(25)14-18(20)27-22/h5-10,14,21,26H,3-4,11-13,15H2,1-2H3,(H,29,30)/t21?,24-/m0/s1. The van der Waals surface area contributed by atoms with Crippen LogP contribution < -0.4 is 10.1 Å². The van der Waals surface area contributed by atoms with Crippen molar-refractivity contribution in [3.63, 3.8) is 0 Å². The predicted molar refractivity (Wildman–Crippen MR) is 123 cm³/mol. The number of aliphatic imine (C=N–C) groups is 1. The fourth-order valence-corrected chi connectivity index (χ4v) is 4.87. The molecule has 2 aromatic rings. The van der Waals surface area contributed by atoms with Gasteiger partial charge in [-0.1, -0.05) is 44.0 Å². The number of fused-ring (bicyclic) bond motifs is 2. The first-order valence-corrected chi connectivity index (χ1v) is 11.2. The Morgan fingerprint density at radius 1 is 1.29 bits per heavy atom. The van der Waals surface area contributed by atoms with Gasteiger partial charge in [-0.25, -0.2) is 4.99 Å². The molecule has 4 rings (SSSR count). The molecule has 0 amide bonds. The second-order valence-corrected chi connectivity index (χ2v) is 8.60. The number of piperazine rings is 1. The number of benzene rings is 2. The molecule has 2 aliphatic heterocycles. The van der Waals surface area contributed by atoms with Gasteiger partial charge in [0.05, 0.1) is 11.0 Å². The molecular weight excluding hydrogens is 414 g/mol. The zero-order chi connectivity index (χ0) is 22.0. The summed E-state index contributed by atoms with van der Waals surface area (Å²) in [6.45, 7) is 5.98. The van der Waals surface area contributed by atoms with E-state index < -0.39 is 11.4 Å². The van der Waals surface area contributed by atoms with E-state index in [-0.39, 0.29) is 6.04 Å². The third kappa shape index (κ3) is 4.02. The smallest absolute Gasteiger partial charge is 0.311 e. The van der Waals surface area contributed by atoms with E-state index >= 15 is 0 Å². The number of ether oxygens (including phenoxy) is 1. The summed E-state index contributed by atoms with van der Waals surface area (Å²) < 4.78 is 6.16. The lowest BCUT2D eigenvalue weighted by Crippen LogP contribution is -2.61. The van der Waals surface area contributed by atoms with E-state index in [0.29, 0.717) is 42.4 Å². The van der Waals surface area contributed by atoms with Gasteiger partial charge < -0.3 is 20.1 Å². The van der Waals surface area contributed by atoms with Gasteiger partial charge >= 0.3 is 5.97 Å². The average molecular weight is 442 g/mol. The molecule has 164 valence electrons. The Bertz CT molecular complexity index is 1010. The number of carboxylic acids is 1. The van der Waals surface area contributed by atoms with Crippen LogP contribution in [0.25, 0.3) is 0 Å². The van der Waals surface area contributed by atoms with E-state index in [0.717, 1.165) is 30.1 Å². The summed E-state index contributed by atoms with van der Waals surface area (Å²) in [5.74, 6) is 1.43. The molecule has 1 unspecified atom stereocenters. The van der Waals surface area contributed by atoms with Crippen molar-refractivity contribution in [2.75, 3.05) is 19.6 Å². The van der Waals surface area contributed by atoms with Gasteiger partial charge in [-0.2, -0.15) is 0 Å². The van der Waals surface area contributed by atoms with E-state index in [1.807, 2.05) is 44.2 Å². The molecule has 2 atom stereocenters.